The molecule has 24 heavy (non-hydrogen) atoms. The number of halogens is 2. The third-order valence-corrected chi connectivity index (χ3v) is 4.55. The van der Waals surface area contributed by atoms with Crippen molar-refractivity contribution >= 4 is 28.9 Å². The van der Waals surface area contributed by atoms with E-state index in [0.29, 0.717) is 28.4 Å². The van der Waals surface area contributed by atoms with Gasteiger partial charge in [0.1, 0.15) is 5.82 Å². The first kappa shape index (κ1) is 16.9. The standard InChI is InChI=1S/C17H21ClFN5/c1-23(2)14-5-7-24(8-6-14)16-4-3-13(9-15(16)19)22-17-20-10-12(18)11-21-17/h3-4,9-11,14H,5-8H2,1-2H3,(H,20,21,22). The van der Waals surface area contributed by atoms with Crippen molar-refractivity contribution in [3.05, 3.63) is 41.4 Å². The molecule has 5 nitrogen and oxygen atoms in total. The average molecular weight is 350 g/mol. The highest BCUT2D eigenvalue weighted by Crippen LogP contribution is 2.27. The Morgan fingerprint density at radius 2 is 1.88 bits per heavy atom. The van der Waals surface area contributed by atoms with Crippen molar-refractivity contribution in [3.63, 3.8) is 0 Å². The average Bonchev–Trinajstić information content (AvgIpc) is 2.57. The number of piperidine rings is 1. The molecule has 2 aromatic rings. The summed E-state index contributed by atoms with van der Waals surface area (Å²) in [6.07, 6.45) is 5.09. The molecule has 1 aromatic carbocycles. The first-order valence-corrected chi connectivity index (χ1v) is 8.36. The predicted molar refractivity (Wildman–Crippen MR) is 95.6 cm³/mol. The molecule has 1 aromatic heterocycles. The van der Waals surface area contributed by atoms with Crippen LogP contribution in [0.3, 0.4) is 0 Å². The Bertz CT molecular complexity index is 684. The normalized spacial score (nSPS) is 15.8. The number of rotatable bonds is 4. The highest BCUT2D eigenvalue weighted by atomic mass is 35.5. The van der Waals surface area contributed by atoms with E-state index in [4.69, 9.17) is 11.6 Å². The number of anilines is 3. The molecule has 0 aliphatic carbocycles. The molecule has 1 aliphatic rings. The van der Waals surface area contributed by atoms with Crippen LogP contribution in [0.5, 0.6) is 0 Å². The van der Waals surface area contributed by atoms with E-state index < -0.39 is 0 Å². The SMILES string of the molecule is CN(C)C1CCN(c2ccc(Nc3ncc(Cl)cn3)cc2F)CC1. The summed E-state index contributed by atoms with van der Waals surface area (Å²) in [7, 11) is 4.19. The fourth-order valence-electron chi connectivity index (χ4n) is 2.97. The van der Waals surface area contributed by atoms with Crippen molar-refractivity contribution in [2.24, 2.45) is 0 Å². The smallest absolute Gasteiger partial charge is 0.227 e. The Morgan fingerprint density at radius 1 is 1.21 bits per heavy atom. The zero-order valence-corrected chi connectivity index (χ0v) is 14.6. The Kier molecular flexibility index (Phi) is 5.16. The van der Waals surface area contributed by atoms with Gasteiger partial charge in [-0.1, -0.05) is 11.6 Å². The maximum atomic E-state index is 14.5. The Hall–Kier alpha value is -1.92. The molecule has 0 bridgehead atoms. The van der Waals surface area contributed by atoms with Crippen molar-refractivity contribution in [2.75, 3.05) is 37.4 Å². The van der Waals surface area contributed by atoms with E-state index in [9.17, 15) is 4.39 Å². The molecule has 0 spiro atoms. The molecular formula is C17H21ClFN5. The fraction of sp³-hybridized carbons (Fsp3) is 0.412. The van der Waals surface area contributed by atoms with Crippen molar-refractivity contribution in [1.29, 1.82) is 0 Å². The third-order valence-electron chi connectivity index (χ3n) is 4.36. The van der Waals surface area contributed by atoms with E-state index in [-0.39, 0.29) is 5.82 Å². The molecule has 0 radical (unpaired) electrons. The van der Waals surface area contributed by atoms with Gasteiger partial charge in [0, 0.05) is 24.8 Å². The van der Waals surface area contributed by atoms with Crippen molar-refractivity contribution < 1.29 is 4.39 Å². The van der Waals surface area contributed by atoms with E-state index >= 15 is 0 Å². The van der Waals surface area contributed by atoms with Crippen LogP contribution in [0.4, 0.5) is 21.7 Å². The minimum Gasteiger partial charge on any atom is -0.369 e. The fourth-order valence-corrected chi connectivity index (χ4v) is 3.07. The number of nitrogens with one attached hydrogen (secondary N) is 1. The topological polar surface area (TPSA) is 44.3 Å². The second-order valence-electron chi connectivity index (χ2n) is 6.20. The Balaban J connectivity index is 1.68. The Labute approximate surface area is 146 Å². The first-order chi connectivity index (χ1) is 11.5. The molecule has 2 heterocycles. The molecule has 1 N–H and O–H groups in total. The van der Waals surface area contributed by atoms with Gasteiger partial charge in [0.2, 0.25) is 5.95 Å². The molecule has 3 rings (SSSR count). The summed E-state index contributed by atoms with van der Waals surface area (Å²) in [6, 6.07) is 5.70. The third kappa shape index (κ3) is 3.94. The number of hydrogen-bond donors (Lipinski definition) is 1. The Morgan fingerprint density at radius 3 is 2.46 bits per heavy atom. The molecule has 1 saturated heterocycles. The number of aromatic nitrogens is 2. The largest absolute Gasteiger partial charge is 0.369 e. The van der Waals surface area contributed by atoms with Crippen molar-refractivity contribution in [2.45, 2.75) is 18.9 Å². The van der Waals surface area contributed by atoms with Gasteiger partial charge in [-0.3, -0.25) is 0 Å². The van der Waals surface area contributed by atoms with Crippen LogP contribution >= 0.6 is 11.6 Å². The zero-order valence-electron chi connectivity index (χ0n) is 13.8. The lowest BCUT2D eigenvalue weighted by Gasteiger charge is -2.36. The predicted octanol–water partition coefficient (Wildman–Crippen LogP) is 3.54. The second-order valence-corrected chi connectivity index (χ2v) is 6.63. The van der Waals surface area contributed by atoms with Gasteiger partial charge in [0.05, 0.1) is 23.1 Å². The monoisotopic (exact) mass is 349 g/mol. The van der Waals surface area contributed by atoms with E-state index in [0.717, 1.165) is 25.9 Å². The summed E-state index contributed by atoms with van der Waals surface area (Å²) in [5.41, 5.74) is 1.26. The van der Waals surface area contributed by atoms with Crippen LogP contribution in [0.1, 0.15) is 12.8 Å². The molecular weight excluding hydrogens is 329 g/mol. The molecule has 7 heteroatoms. The van der Waals surface area contributed by atoms with Crippen LogP contribution in [-0.4, -0.2) is 48.1 Å². The summed E-state index contributed by atoms with van der Waals surface area (Å²) < 4.78 is 14.5. The van der Waals surface area contributed by atoms with Gasteiger partial charge in [-0.05, 0) is 45.1 Å². The lowest BCUT2D eigenvalue weighted by Crippen LogP contribution is -2.42. The van der Waals surface area contributed by atoms with Crippen LogP contribution in [0.2, 0.25) is 5.02 Å². The van der Waals surface area contributed by atoms with E-state index in [2.05, 4.69) is 39.2 Å². The van der Waals surface area contributed by atoms with Gasteiger partial charge < -0.3 is 15.1 Å². The number of hydrogen-bond acceptors (Lipinski definition) is 5. The molecule has 0 unspecified atom stereocenters. The molecule has 0 atom stereocenters. The maximum absolute atomic E-state index is 14.5. The minimum absolute atomic E-state index is 0.239. The van der Waals surface area contributed by atoms with Crippen LogP contribution in [-0.2, 0) is 0 Å². The second kappa shape index (κ2) is 7.32. The minimum atomic E-state index is -0.239. The highest BCUT2D eigenvalue weighted by molar-refractivity contribution is 6.30. The van der Waals surface area contributed by atoms with Crippen LogP contribution in [0.15, 0.2) is 30.6 Å². The lowest BCUT2D eigenvalue weighted by molar-refractivity contribution is 0.249. The zero-order chi connectivity index (χ0) is 17.1. The number of benzene rings is 1. The highest BCUT2D eigenvalue weighted by Gasteiger charge is 2.22. The summed E-state index contributed by atoms with van der Waals surface area (Å²) in [4.78, 5) is 12.4. The van der Waals surface area contributed by atoms with Crippen LogP contribution < -0.4 is 10.2 Å². The molecule has 0 saturated carbocycles. The maximum Gasteiger partial charge on any atom is 0.227 e. The van der Waals surface area contributed by atoms with E-state index in [1.165, 1.54) is 18.5 Å². The summed E-state index contributed by atoms with van der Waals surface area (Å²) >= 11 is 5.76. The molecule has 1 fully saturated rings. The van der Waals surface area contributed by atoms with Crippen LogP contribution in [0.25, 0.3) is 0 Å². The van der Waals surface area contributed by atoms with Gasteiger partial charge >= 0.3 is 0 Å². The quantitative estimate of drug-likeness (QED) is 0.914. The van der Waals surface area contributed by atoms with Gasteiger partial charge in [0.25, 0.3) is 0 Å². The summed E-state index contributed by atoms with van der Waals surface area (Å²) in [5.74, 6) is 0.149. The van der Waals surface area contributed by atoms with Gasteiger partial charge in [-0.2, -0.15) is 0 Å². The van der Waals surface area contributed by atoms with Gasteiger partial charge in [0.15, 0.2) is 0 Å². The molecule has 0 amide bonds. The summed E-state index contributed by atoms with van der Waals surface area (Å²) in [5, 5.41) is 3.44. The summed E-state index contributed by atoms with van der Waals surface area (Å²) in [6.45, 7) is 1.74. The molecule has 128 valence electrons. The van der Waals surface area contributed by atoms with E-state index in [1.807, 2.05) is 12.1 Å². The first-order valence-electron chi connectivity index (χ1n) is 7.98. The van der Waals surface area contributed by atoms with Crippen LogP contribution in [0, 0.1) is 5.82 Å². The van der Waals surface area contributed by atoms with Crippen molar-refractivity contribution in [1.82, 2.24) is 14.9 Å². The van der Waals surface area contributed by atoms with Crippen molar-refractivity contribution in [3.8, 4) is 0 Å². The van der Waals surface area contributed by atoms with E-state index in [1.54, 1.807) is 0 Å². The number of nitrogens with zero attached hydrogens (tertiary/aromatic N) is 4. The molecule has 1 aliphatic heterocycles. The van der Waals surface area contributed by atoms with Gasteiger partial charge in [-0.15, -0.1) is 0 Å². The van der Waals surface area contributed by atoms with Gasteiger partial charge in [-0.25, -0.2) is 14.4 Å². The lowest BCUT2D eigenvalue weighted by atomic mass is 10.0.